The average molecular weight is 338 g/mol. The molecule has 2 heterocycles. The highest BCUT2D eigenvalue weighted by atomic mass is 32.2. The molecule has 3 rings (SSSR count). The van der Waals surface area contributed by atoms with Crippen LogP contribution in [0.15, 0.2) is 6.20 Å². The fourth-order valence-corrected chi connectivity index (χ4v) is 5.23. The van der Waals surface area contributed by atoms with Gasteiger partial charge >= 0.3 is 0 Å². The van der Waals surface area contributed by atoms with Gasteiger partial charge in [-0.1, -0.05) is 12.8 Å². The Balaban J connectivity index is 1.77. The maximum atomic E-state index is 12.4. The molecule has 1 atom stereocenters. The summed E-state index contributed by atoms with van der Waals surface area (Å²) in [6.45, 7) is 3.23. The Bertz CT molecular complexity index is 656. The minimum atomic E-state index is -3.24. The molecule has 1 saturated heterocycles. The Labute approximate surface area is 138 Å². The molecule has 2 fully saturated rings. The van der Waals surface area contributed by atoms with Gasteiger partial charge in [-0.25, -0.2) is 23.1 Å². The standard InChI is InChI=1S/C16H26N4O2S/c1-12-17-10-13(16(19-12)15-8-5-9-20(15)2)11-18-23(21,22)14-6-3-4-7-14/h10,14-15,18H,3-9,11H2,1-2H3/t15-/m0/s1. The molecule has 1 aliphatic carbocycles. The van der Waals surface area contributed by atoms with Crippen LogP contribution in [0.5, 0.6) is 0 Å². The highest BCUT2D eigenvalue weighted by molar-refractivity contribution is 7.90. The maximum absolute atomic E-state index is 12.4. The normalized spacial score (nSPS) is 23.7. The van der Waals surface area contributed by atoms with E-state index in [4.69, 9.17) is 0 Å². The molecule has 1 saturated carbocycles. The van der Waals surface area contributed by atoms with E-state index >= 15 is 0 Å². The van der Waals surface area contributed by atoms with Gasteiger partial charge in [-0.15, -0.1) is 0 Å². The molecule has 1 aromatic rings. The molecule has 0 unspecified atom stereocenters. The van der Waals surface area contributed by atoms with Crippen molar-refractivity contribution in [3.05, 3.63) is 23.3 Å². The largest absolute Gasteiger partial charge is 0.298 e. The number of rotatable bonds is 5. The second-order valence-corrected chi connectivity index (χ2v) is 8.78. The molecule has 1 N–H and O–H groups in total. The second kappa shape index (κ2) is 6.83. The fraction of sp³-hybridized carbons (Fsp3) is 0.750. The lowest BCUT2D eigenvalue weighted by Gasteiger charge is -2.22. The number of likely N-dealkylation sites (tertiary alicyclic amines) is 1. The van der Waals surface area contributed by atoms with E-state index in [9.17, 15) is 8.42 Å². The van der Waals surface area contributed by atoms with Gasteiger partial charge in [0.15, 0.2) is 0 Å². The summed E-state index contributed by atoms with van der Waals surface area (Å²) in [5.41, 5.74) is 1.88. The van der Waals surface area contributed by atoms with Crippen LogP contribution in [-0.4, -0.2) is 42.1 Å². The van der Waals surface area contributed by atoms with Crippen LogP contribution >= 0.6 is 0 Å². The average Bonchev–Trinajstić information content (AvgIpc) is 3.17. The van der Waals surface area contributed by atoms with Crippen LogP contribution in [-0.2, 0) is 16.6 Å². The molecule has 1 aromatic heterocycles. The van der Waals surface area contributed by atoms with Gasteiger partial charge in [0.05, 0.1) is 17.0 Å². The van der Waals surface area contributed by atoms with Crippen molar-refractivity contribution in [3.8, 4) is 0 Å². The summed E-state index contributed by atoms with van der Waals surface area (Å²) < 4.78 is 27.6. The summed E-state index contributed by atoms with van der Waals surface area (Å²) in [6, 6.07) is 0.266. The summed E-state index contributed by atoms with van der Waals surface area (Å²) in [7, 11) is -1.14. The third kappa shape index (κ3) is 3.72. The molecule has 23 heavy (non-hydrogen) atoms. The van der Waals surface area contributed by atoms with Crippen LogP contribution in [0.25, 0.3) is 0 Å². The van der Waals surface area contributed by atoms with Crippen molar-refractivity contribution < 1.29 is 8.42 Å². The van der Waals surface area contributed by atoms with E-state index < -0.39 is 10.0 Å². The van der Waals surface area contributed by atoms with Crippen LogP contribution < -0.4 is 4.72 Å². The topological polar surface area (TPSA) is 75.2 Å². The van der Waals surface area contributed by atoms with Crippen LogP contribution in [0.2, 0.25) is 0 Å². The first-order valence-corrected chi connectivity index (χ1v) is 10.0. The summed E-state index contributed by atoms with van der Waals surface area (Å²) in [4.78, 5) is 11.2. The van der Waals surface area contributed by atoms with Crippen molar-refractivity contribution in [2.75, 3.05) is 13.6 Å². The van der Waals surface area contributed by atoms with Crippen LogP contribution in [0.4, 0.5) is 0 Å². The summed E-state index contributed by atoms with van der Waals surface area (Å²) in [6.07, 6.45) is 7.57. The second-order valence-electron chi connectivity index (χ2n) is 6.74. The quantitative estimate of drug-likeness (QED) is 0.888. The molecule has 0 radical (unpaired) electrons. The van der Waals surface area contributed by atoms with Crippen molar-refractivity contribution in [1.29, 1.82) is 0 Å². The Morgan fingerprint density at radius 1 is 1.26 bits per heavy atom. The molecule has 2 aliphatic rings. The lowest BCUT2D eigenvalue weighted by molar-refractivity contribution is 0.309. The number of aryl methyl sites for hydroxylation is 1. The van der Waals surface area contributed by atoms with Crippen molar-refractivity contribution in [2.24, 2.45) is 0 Å². The Morgan fingerprint density at radius 3 is 2.65 bits per heavy atom. The third-order valence-corrected chi connectivity index (χ3v) is 6.96. The number of hydrogen-bond acceptors (Lipinski definition) is 5. The van der Waals surface area contributed by atoms with Crippen molar-refractivity contribution in [2.45, 2.75) is 63.3 Å². The Morgan fingerprint density at radius 2 is 2.00 bits per heavy atom. The monoisotopic (exact) mass is 338 g/mol. The lowest BCUT2D eigenvalue weighted by Crippen LogP contribution is -2.33. The van der Waals surface area contributed by atoms with E-state index in [-0.39, 0.29) is 11.3 Å². The Kier molecular flexibility index (Phi) is 4.98. The van der Waals surface area contributed by atoms with E-state index in [1.165, 1.54) is 0 Å². The van der Waals surface area contributed by atoms with E-state index in [1.807, 2.05) is 6.92 Å². The molecule has 0 spiro atoms. The van der Waals surface area contributed by atoms with Gasteiger partial charge in [-0.05, 0) is 46.2 Å². The zero-order valence-electron chi connectivity index (χ0n) is 14.0. The van der Waals surface area contributed by atoms with Gasteiger partial charge in [-0.3, -0.25) is 4.90 Å². The van der Waals surface area contributed by atoms with Gasteiger partial charge in [0, 0.05) is 18.3 Å². The zero-order chi connectivity index (χ0) is 16.4. The number of nitrogens with zero attached hydrogens (tertiary/aromatic N) is 3. The van der Waals surface area contributed by atoms with Gasteiger partial charge in [-0.2, -0.15) is 0 Å². The van der Waals surface area contributed by atoms with E-state index in [0.29, 0.717) is 6.54 Å². The summed E-state index contributed by atoms with van der Waals surface area (Å²) in [5, 5.41) is -0.230. The van der Waals surface area contributed by atoms with Crippen LogP contribution in [0.1, 0.15) is 61.6 Å². The minimum absolute atomic E-state index is 0.230. The predicted octanol–water partition coefficient (Wildman–Crippen LogP) is 1.91. The first-order valence-electron chi connectivity index (χ1n) is 8.48. The molecular formula is C16H26N4O2S. The molecular weight excluding hydrogens is 312 g/mol. The van der Waals surface area contributed by atoms with Crippen molar-refractivity contribution in [3.63, 3.8) is 0 Å². The van der Waals surface area contributed by atoms with E-state index in [1.54, 1.807) is 6.20 Å². The first-order chi connectivity index (χ1) is 11.0. The molecule has 0 aromatic carbocycles. The summed E-state index contributed by atoms with van der Waals surface area (Å²) in [5.74, 6) is 0.739. The molecule has 7 heteroatoms. The zero-order valence-corrected chi connectivity index (χ0v) is 14.8. The van der Waals surface area contributed by atoms with E-state index in [2.05, 4.69) is 26.6 Å². The van der Waals surface area contributed by atoms with Crippen molar-refractivity contribution >= 4 is 10.0 Å². The lowest BCUT2D eigenvalue weighted by atomic mass is 10.1. The molecule has 0 amide bonds. The van der Waals surface area contributed by atoms with Crippen LogP contribution in [0, 0.1) is 6.92 Å². The SMILES string of the molecule is Cc1ncc(CNS(=O)(=O)C2CCCC2)c([C@@H]2CCCN2C)n1. The minimum Gasteiger partial charge on any atom is -0.298 e. The highest BCUT2D eigenvalue weighted by Gasteiger charge is 2.30. The molecule has 0 bridgehead atoms. The van der Waals surface area contributed by atoms with Crippen molar-refractivity contribution in [1.82, 2.24) is 19.6 Å². The maximum Gasteiger partial charge on any atom is 0.214 e. The number of hydrogen-bond donors (Lipinski definition) is 1. The van der Waals surface area contributed by atoms with E-state index in [0.717, 1.165) is 62.2 Å². The van der Waals surface area contributed by atoms with Gasteiger partial charge in [0.25, 0.3) is 0 Å². The smallest absolute Gasteiger partial charge is 0.214 e. The third-order valence-electron chi connectivity index (χ3n) is 5.06. The predicted molar refractivity (Wildman–Crippen MR) is 89.4 cm³/mol. The first kappa shape index (κ1) is 16.8. The number of nitrogens with one attached hydrogen (secondary N) is 1. The van der Waals surface area contributed by atoms with Gasteiger partial charge < -0.3 is 0 Å². The van der Waals surface area contributed by atoms with Crippen LogP contribution in [0.3, 0.4) is 0 Å². The number of aromatic nitrogens is 2. The number of sulfonamides is 1. The summed E-state index contributed by atoms with van der Waals surface area (Å²) >= 11 is 0. The molecule has 128 valence electrons. The fourth-order valence-electron chi connectivity index (χ4n) is 3.69. The Hall–Kier alpha value is -1.05. The highest BCUT2D eigenvalue weighted by Crippen LogP contribution is 2.31. The van der Waals surface area contributed by atoms with Gasteiger partial charge in [0.1, 0.15) is 5.82 Å². The molecule has 6 nitrogen and oxygen atoms in total. The van der Waals surface area contributed by atoms with Gasteiger partial charge in [0.2, 0.25) is 10.0 Å². The molecule has 1 aliphatic heterocycles.